The fraction of sp³-hybridized carbons (Fsp3) is 0.846. The van der Waals surface area contributed by atoms with Gasteiger partial charge in [0.1, 0.15) is 6.10 Å². The number of nitrogens with two attached hydrogens (primary N) is 1. The maximum Gasteiger partial charge on any atom is 0.255 e. The van der Waals surface area contributed by atoms with Crippen molar-refractivity contribution in [3.05, 3.63) is 11.7 Å². The summed E-state index contributed by atoms with van der Waals surface area (Å²) in [5.74, 6) is 2.48. The second-order valence-corrected chi connectivity index (χ2v) is 8.41. The molecule has 1 aromatic heterocycles. The first kappa shape index (κ1) is 14.7. The summed E-state index contributed by atoms with van der Waals surface area (Å²) in [5, 5.41) is 5.79. The van der Waals surface area contributed by atoms with Crippen molar-refractivity contribution in [3.8, 4) is 0 Å². The maximum absolute atomic E-state index is 5.80. The Morgan fingerprint density at radius 2 is 2.15 bits per heavy atom. The predicted octanol–water partition coefficient (Wildman–Crippen LogP) is 2.55. The maximum atomic E-state index is 5.80. The van der Waals surface area contributed by atoms with Gasteiger partial charge in [-0.05, 0) is 12.8 Å². The van der Waals surface area contributed by atoms with Gasteiger partial charge in [0.2, 0.25) is 0 Å². The smallest absolute Gasteiger partial charge is 0.255 e. The molecule has 0 bridgehead atoms. The predicted molar refractivity (Wildman–Crippen MR) is 81.9 cm³/mol. The first-order valence-corrected chi connectivity index (χ1v) is 9.12. The number of rotatable bonds is 3. The highest BCUT2D eigenvalue weighted by atomic mass is 32.2. The lowest BCUT2D eigenvalue weighted by Crippen LogP contribution is -2.22. The van der Waals surface area contributed by atoms with Gasteiger partial charge in [0.15, 0.2) is 5.82 Å². The van der Waals surface area contributed by atoms with E-state index in [0.29, 0.717) is 28.2 Å². The molecule has 2 aliphatic rings. The van der Waals surface area contributed by atoms with Crippen LogP contribution >= 0.6 is 23.5 Å². The fourth-order valence-corrected chi connectivity index (χ4v) is 5.32. The van der Waals surface area contributed by atoms with Crippen molar-refractivity contribution in [1.29, 1.82) is 0 Å². The van der Waals surface area contributed by atoms with Crippen LogP contribution in [0.1, 0.15) is 49.8 Å². The van der Waals surface area contributed by atoms with Gasteiger partial charge < -0.3 is 15.0 Å². The van der Waals surface area contributed by atoms with Crippen LogP contribution in [0.25, 0.3) is 0 Å². The molecule has 1 aromatic rings. The summed E-state index contributed by atoms with van der Waals surface area (Å²) in [6.45, 7) is 5.10. The highest BCUT2D eigenvalue weighted by molar-refractivity contribution is 8.07. The molecule has 3 heterocycles. The summed E-state index contributed by atoms with van der Waals surface area (Å²) in [5.41, 5.74) is 5.63. The molecular weight excluding hydrogens is 294 g/mol. The van der Waals surface area contributed by atoms with Crippen LogP contribution in [-0.2, 0) is 4.74 Å². The normalized spacial score (nSPS) is 38.2. The third kappa shape index (κ3) is 3.00. The summed E-state index contributed by atoms with van der Waals surface area (Å²) in [6, 6.07) is 0. The monoisotopic (exact) mass is 315 g/mol. The molecule has 0 radical (unpaired) electrons. The molecule has 5 nitrogen and oxygen atoms in total. The van der Waals surface area contributed by atoms with E-state index in [1.807, 2.05) is 23.5 Å². The van der Waals surface area contributed by atoms with E-state index in [0.717, 1.165) is 24.4 Å². The van der Waals surface area contributed by atoms with Gasteiger partial charge in [-0.1, -0.05) is 19.0 Å². The van der Waals surface area contributed by atoms with Gasteiger partial charge in [-0.25, -0.2) is 0 Å². The van der Waals surface area contributed by atoms with Crippen LogP contribution in [0.15, 0.2) is 4.52 Å². The Labute approximate surface area is 127 Å². The molecule has 0 aliphatic carbocycles. The molecule has 112 valence electrons. The zero-order valence-electron chi connectivity index (χ0n) is 11.8. The summed E-state index contributed by atoms with van der Waals surface area (Å²) in [7, 11) is 0. The van der Waals surface area contributed by atoms with Gasteiger partial charge in [0, 0.05) is 22.8 Å². The molecule has 7 heteroatoms. The second kappa shape index (κ2) is 6.25. The van der Waals surface area contributed by atoms with Crippen LogP contribution in [-0.4, -0.2) is 39.0 Å². The van der Waals surface area contributed by atoms with Crippen molar-refractivity contribution in [2.24, 2.45) is 5.73 Å². The Balaban J connectivity index is 1.65. The molecule has 0 saturated carbocycles. The Kier molecular flexibility index (Phi) is 4.59. The van der Waals surface area contributed by atoms with E-state index in [2.05, 4.69) is 24.0 Å². The van der Waals surface area contributed by atoms with E-state index in [4.69, 9.17) is 15.0 Å². The highest BCUT2D eigenvalue weighted by Crippen LogP contribution is 2.43. The summed E-state index contributed by atoms with van der Waals surface area (Å²) >= 11 is 3.93. The molecule has 2 N–H and O–H groups in total. The van der Waals surface area contributed by atoms with Crippen LogP contribution in [0.4, 0.5) is 0 Å². The molecular formula is C13H21N3O2S2. The quantitative estimate of drug-likeness (QED) is 0.918. The van der Waals surface area contributed by atoms with Crippen LogP contribution < -0.4 is 5.73 Å². The van der Waals surface area contributed by atoms with Crippen LogP contribution in [0.3, 0.4) is 0 Å². The van der Waals surface area contributed by atoms with Gasteiger partial charge in [-0.15, -0.1) is 11.8 Å². The largest absolute Gasteiger partial charge is 0.364 e. The number of ether oxygens (including phenoxy) is 1. The van der Waals surface area contributed by atoms with Crippen molar-refractivity contribution < 1.29 is 9.26 Å². The van der Waals surface area contributed by atoms with E-state index in [1.54, 1.807) is 0 Å². The van der Waals surface area contributed by atoms with Crippen LogP contribution in [0, 0.1) is 0 Å². The zero-order valence-corrected chi connectivity index (χ0v) is 13.5. The van der Waals surface area contributed by atoms with Gasteiger partial charge in [-0.3, -0.25) is 0 Å². The molecule has 2 saturated heterocycles. The third-order valence-electron chi connectivity index (χ3n) is 3.94. The minimum atomic E-state index is -0.0672. The van der Waals surface area contributed by atoms with Gasteiger partial charge in [0.05, 0.1) is 11.4 Å². The van der Waals surface area contributed by atoms with E-state index < -0.39 is 0 Å². The number of hydrogen-bond donors (Lipinski definition) is 1. The van der Waals surface area contributed by atoms with E-state index >= 15 is 0 Å². The van der Waals surface area contributed by atoms with Crippen molar-refractivity contribution >= 4 is 23.5 Å². The minimum Gasteiger partial charge on any atom is -0.364 e. The van der Waals surface area contributed by atoms with Crippen molar-refractivity contribution in [3.63, 3.8) is 0 Å². The topological polar surface area (TPSA) is 74.2 Å². The highest BCUT2D eigenvalue weighted by Gasteiger charge is 2.33. The first-order chi connectivity index (χ1) is 9.67. The minimum absolute atomic E-state index is 0.0672. The Morgan fingerprint density at radius 3 is 2.85 bits per heavy atom. The molecule has 5 unspecified atom stereocenters. The molecule has 0 aromatic carbocycles. The molecule has 0 amide bonds. The lowest BCUT2D eigenvalue weighted by molar-refractivity contribution is 0.0307. The third-order valence-corrected chi connectivity index (χ3v) is 7.33. The first-order valence-electron chi connectivity index (χ1n) is 7.13. The number of aromatic nitrogens is 2. The molecule has 2 aliphatic heterocycles. The average Bonchev–Trinajstić information content (AvgIpc) is 3.09. The van der Waals surface area contributed by atoms with Crippen molar-refractivity contribution in [2.75, 3.05) is 12.3 Å². The average molecular weight is 315 g/mol. The lowest BCUT2D eigenvalue weighted by Gasteiger charge is -2.29. The molecule has 5 atom stereocenters. The lowest BCUT2D eigenvalue weighted by atomic mass is 10.2. The van der Waals surface area contributed by atoms with Gasteiger partial charge in [0.25, 0.3) is 5.89 Å². The second-order valence-electron chi connectivity index (χ2n) is 5.42. The zero-order chi connectivity index (χ0) is 14.1. The number of thioether (sulfide) groups is 2. The van der Waals surface area contributed by atoms with Crippen molar-refractivity contribution in [1.82, 2.24) is 10.1 Å². The summed E-state index contributed by atoms with van der Waals surface area (Å²) < 4.78 is 11.2. The summed E-state index contributed by atoms with van der Waals surface area (Å²) in [4.78, 5) is 4.57. The standard InChI is InChI=1S/C13H21N3O2S2/c1-7-8(2)20-11(6-19-7)12-15-13(18-16-12)10-4-3-9(5-14)17-10/h7-11H,3-6,14H2,1-2H3. The van der Waals surface area contributed by atoms with Crippen LogP contribution in [0.5, 0.6) is 0 Å². The fourth-order valence-electron chi connectivity index (χ4n) is 2.49. The Morgan fingerprint density at radius 1 is 1.30 bits per heavy atom. The van der Waals surface area contributed by atoms with E-state index in [-0.39, 0.29) is 12.2 Å². The molecule has 20 heavy (non-hydrogen) atoms. The number of hydrogen-bond acceptors (Lipinski definition) is 7. The van der Waals surface area contributed by atoms with E-state index in [1.165, 1.54) is 0 Å². The molecule has 2 fully saturated rings. The Bertz CT molecular complexity index is 457. The van der Waals surface area contributed by atoms with Gasteiger partial charge in [-0.2, -0.15) is 16.7 Å². The van der Waals surface area contributed by atoms with Gasteiger partial charge >= 0.3 is 0 Å². The SMILES string of the molecule is CC1SCC(c2noc(C3CCC(CN)O3)n2)SC1C. The summed E-state index contributed by atoms with van der Waals surface area (Å²) in [6.07, 6.45) is 1.96. The van der Waals surface area contributed by atoms with Crippen LogP contribution in [0.2, 0.25) is 0 Å². The molecule has 3 rings (SSSR count). The van der Waals surface area contributed by atoms with Crippen molar-refractivity contribution in [2.45, 2.75) is 54.6 Å². The molecule has 0 spiro atoms. The van der Waals surface area contributed by atoms with E-state index in [9.17, 15) is 0 Å². The Hall–Kier alpha value is -0.240. The number of nitrogens with zero attached hydrogens (tertiary/aromatic N) is 2.